The number of hydrogen-bond donors (Lipinski definition) is 1. The van der Waals surface area contributed by atoms with E-state index in [0.717, 1.165) is 25.2 Å². The highest BCUT2D eigenvalue weighted by molar-refractivity contribution is 5.78. The van der Waals surface area contributed by atoms with Gasteiger partial charge in [0.2, 0.25) is 0 Å². The molecule has 2 nitrogen and oxygen atoms in total. The minimum absolute atomic E-state index is 0.172. The van der Waals surface area contributed by atoms with E-state index in [9.17, 15) is 5.11 Å². The molecule has 4 aliphatic rings. The van der Waals surface area contributed by atoms with Crippen LogP contribution in [0.1, 0.15) is 64.9 Å². The van der Waals surface area contributed by atoms with Crippen LogP contribution in [-0.2, 0) is 0 Å². The van der Waals surface area contributed by atoms with Gasteiger partial charge in [-0.15, -0.1) is 0 Å². The van der Waals surface area contributed by atoms with Crippen molar-refractivity contribution in [1.82, 2.24) is 4.98 Å². The molecule has 5 atom stereocenters. The van der Waals surface area contributed by atoms with Crippen LogP contribution < -0.4 is 0 Å². The normalized spacial score (nSPS) is 40.7. The summed E-state index contributed by atoms with van der Waals surface area (Å²) in [6.45, 7) is 7.15. The van der Waals surface area contributed by atoms with Crippen LogP contribution >= 0.6 is 0 Å². The van der Waals surface area contributed by atoms with E-state index in [1.807, 2.05) is 12.4 Å². The number of hydrogen-bond acceptors (Lipinski definition) is 2. The summed E-state index contributed by atoms with van der Waals surface area (Å²) in [7, 11) is 0. The third kappa shape index (κ3) is 2.32. The Labute approximate surface area is 163 Å². The van der Waals surface area contributed by atoms with Crippen molar-refractivity contribution < 1.29 is 5.11 Å². The Morgan fingerprint density at radius 3 is 2.74 bits per heavy atom. The maximum Gasteiger partial charge on any atom is 0.0750 e. The van der Waals surface area contributed by atoms with Gasteiger partial charge in [-0.1, -0.05) is 43.2 Å². The first-order chi connectivity index (χ1) is 12.9. The molecule has 1 N–H and O–H groups in total. The van der Waals surface area contributed by atoms with Crippen LogP contribution in [0.15, 0.2) is 53.4 Å². The topological polar surface area (TPSA) is 33.1 Å². The maximum absolute atomic E-state index is 10.4. The fourth-order valence-electron chi connectivity index (χ4n) is 7.07. The monoisotopic (exact) mass is 361 g/mol. The van der Waals surface area contributed by atoms with E-state index in [4.69, 9.17) is 0 Å². The molecule has 1 aromatic heterocycles. The van der Waals surface area contributed by atoms with E-state index >= 15 is 0 Å². The second-order valence-electron chi connectivity index (χ2n) is 9.70. The number of pyridine rings is 1. The summed E-state index contributed by atoms with van der Waals surface area (Å²) in [6.07, 6.45) is 15.5. The summed E-state index contributed by atoms with van der Waals surface area (Å²) in [5.74, 6) is 1.41. The highest BCUT2D eigenvalue weighted by Gasteiger charge is 2.55. The average Bonchev–Trinajstić information content (AvgIpc) is 3.03. The Morgan fingerprint density at radius 2 is 1.96 bits per heavy atom. The third-order valence-electron chi connectivity index (χ3n) is 8.60. The second-order valence-corrected chi connectivity index (χ2v) is 9.70. The van der Waals surface area contributed by atoms with Crippen molar-refractivity contribution in [1.29, 1.82) is 0 Å². The van der Waals surface area contributed by atoms with Crippen molar-refractivity contribution in [2.45, 2.75) is 65.4 Å². The maximum atomic E-state index is 10.4. The van der Waals surface area contributed by atoms with Crippen molar-refractivity contribution in [2.75, 3.05) is 0 Å². The first-order valence-corrected chi connectivity index (χ1v) is 10.7. The fourth-order valence-corrected chi connectivity index (χ4v) is 7.07. The first-order valence-electron chi connectivity index (χ1n) is 10.7. The van der Waals surface area contributed by atoms with Crippen LogP contribution in [-0.4, -0.2) is 16.2 Å². The van der Waals surface area contributed by atoms with Crippen molar-refractivity contribution in [3.05, 3.63) is 59.0 Å². The molecule has 4 aliphatic carbocycles. The Morgan fingerprint density at radius 1 is 1.11 bits per heavy atom. The minimum atomic E-state index is -0.206. The van der Waals surface area contributed by atoms with E-state index in [2.05, 4.69) is 50.0 Å². The lowest BCUT2D eigenvalue weighted by atomic mass is 9.47. The number of aromatic nitrogens is 1. The molecule has 5 rings (SSSR count). The van der Waals surface area contributed by atoms with E-state index < -0.39 is 0 Å². The molecule has 0 amide bonds. The van der Waals surface area contributed by atoms with Gasteiger partial charge in [-0.25, -0.2) is 0 Å². The molecule has 0 aromatic carbocycles. The van der Waals surface area contributed by atoms with Crippen LogP contribution in [0.4, 0.5) is 0 Å². The molecule has 0 aliphatic heterocycles. The Bertz CT molecular complexity index is 864. The predicted octanol–water partition coefficient (Wildman–Crippen LogP) is 5.71. The molecule has 142 valence electrons. The zero-order valence-electron chi connectivity index (χ0n) is 16.8. The summed E-state index contributed by atoms with van der Waals surface area (Å²) in [4.78, 5) is 4.37. The first kappa shape index (κ1) is 17.4. The van der Waals surface area contributed by atoms with Gasteiger partial charge >= 0.3 is 0 Å². The summed E-state index contributed by atoms with van der Waals surface area (Å²) in [6, 6.07) is 4.26. The Hall–Kier alpha value is -1.67. The van der Waals surface area contributed by atoms with Gasteiger partial charge in [0.25, 0.3) is 0 Å². The number of allylic oxidation sites excluding steroid dienone is 5. The standard InChI is InChI=1S/C25H31NO/c1-16-19-7-6-18-21-9-8-20(17-5-4-14-26-15-17)25(21,3)12-10-22(18)24(19,2)13-11-23(16)27/h4-5,8-9,14-15,18,22-23,27H,6-7,10-13H2,1-3H3/t18-,22-,23?,24-,25+/m0/s1. The molecular weight excluding hydrogens is 330 g/mol. The van der Waals surface area contributed by atoms with Gasteiger partial charge in [-0.05, 0) is 85.5 Å². The van der Waals surface area contributed by atoms with Crippen molar-refractivity contribution in [3.8, 4) is 0 Å². The summed E-state index contributed by atoms with van der Waals surface area (Å²) >= 11 is 0. The van der Waals surface area contributed by atoms with Gasteiger partial charge in [-0.2, -0.15) is 0 Å². The average molecular weight is 362 g/mol. The van der Waals surface area contributed by atoms with Gasteiger partial charge in [0, 0.05) is 17.8 Å². The number of nitrogens with zero attached hydrogens (tertiary/aromatic N) is 1. The van der Waals surface area contributed by atoms with Gasteiger partial charge < -0.3 is 5.11 Å². The molecule has 2 saturated carbocycles. The molecular formula is C25H31NO. The smallest absolute Gasteiger partial charge is 0.0750 e. The minimum Gasteiger partial charge on any atom is -0.389 e. The molecule has 2 heteroatoms. The predicted molar refractivity (Wildman–Crippen MR) is 110 cm³/mol. The molecule has 0 saturated heterocycles. The highest BCUT2D eigenvalue weighted by atomic mass is 16.3. The van der Waals surface area contributed by atoms with Crippen molar-refractivity contribution >= 4 is 5.57 Å². The van der Waals surface area contributed by atoms with Crippen molar-refractivity contribution in [3.63, 3.8) is 0 Å². The number of rotatable bonds is 1. The van der Waals surface area contributed by atoms with Crippen LogP contribution in [0.3, 0.4) is 0 Å². The van der Waals surface area contributed by atoms with E-state index in [0.29, 0.717) is 5.92 Å². The molecule has 1 unspecified atom stereocenters. The lowest BCUT2D eigenvalue weighted by Gasteiger charge is -2.57. The summed E-state index contributed by atoms with van der Waals surface area (Å²) in [5, 5.41) is 10.4. The lowest BCUT2D eigenvalue weighted by Crippen LogP contribution is -2.48. The quantitative estimate of drug-likeness (QED) is 0.650. The molecule has 0 radical (unpaired) electrons. The van der Waals surface area contributed by atoms with E-state index in [1.54, 1.807) is 11.1 Å². The third-order valence-corrected chi connectivity index (χ3v) is 8.60. The Kier molecular flexibility index (Phi) is 3.82. The van der Waals surface area contributed by atoms with Crippen LogP contribution in [0.2, 0.25) is 0 Å². The van der Waals surface area contributed by atoms with Gasteiger partial charge in [0.1, 0.15) is 0 Å². The van der Waals surface area contributed by atoms with Crippen molar-refractivity contribution in [2.24, 2.45) is 22.7 Å². The Balaban J connectivity index is 1.50. The van der Waals surface area contributed by atoms with Gasteiger partial charge in [0.15, 0.2) is 0 Å². The number of fused-ring (bicyclic) bond motifs is 5. The number of aliphatic hydroxyl groups excluding tert-OH is 1. The molecule has 0 bridgehead atoms. The lowest BCUT2D eigenvalue weighted by molar-refractivity contribution is 0.0429. The van der Waals surface area contributed by atoms with Gasteiger partial charge in [-0.3, -0.25) is 4.98 Å². The molecule has 0 spiro atoms. The SMILES string of the molecule is CC1=C2CC[C@H]3C4=CC=C(c5cccnc5)[C@@]4(C)CC[C@@H]3[C@@]2(C)CCC1O. The molecule has 2 fully saturated rings. The largest absolute Gasteiger partial charge is 0.389 e. The molecule has 27 heavy (non-hydrogen) atoms. The van der Waals surface area contributed by atoms with Crippen LogP contribution in [0.25, 0.3) is 5.57 Å². The van der Waals surface area contributed by atoms with E-state index in [-0.39, 0.29) is 16.9 Å². The zero-order chi connectivity index (χ0) is 18.8. The highest BCUT2D eigenvalue weighted by Crippen LogP contribution is 2.65. The summed E-state index contributed by atoms with van der Waals surface area (Å²) in [5.41, 5.74) is 7.74. The van der Waals surface area contributed by atoms with E-state index in [1.165, 1.54) is 36.0 Å². The van der Waals surface area contributed by atoms with Crippen LogP contribution in [0, 0.1) is 22.7 Å². The number of aliphatic hydroxyl groups is 1. The fraction of sp³-hybridized carbons (Fsp3) is 0.560. The van der Waals surface area contributed by atoms with Crippen LogP contribution in [0.5, 0.6) is 0 Å². The summed E-state index contributed by atoms with van der Waals surface area (Å²) < 4.78 is 0. The zero-order valence-corrected chi connectivity index (χ0v) is 16.8. The van der Waals surface area contributed by atoms with Gasteiger partial charge in [0.05, 0.1) is 6.10 Å². The second kappa shape index (κ2) is 5.91. The molecule has 1 heterocycles. The molecule has 1 aromatic rings.